The Balaban J connectivity index is 2.10. The molecule has 1 aliphatic carbocycles. The van der Waals surface area contributed by atoms with Gasteiger partial charge >= 0.3 is 0 Å². The van der Waals surface area contributed by atoms with Gasteiger partial charge in [-0.3, -0.25) is 4.79 Å². The highest BCUT2D eigenvalue weighted by Gasteiger charge is 2.33. The molecule has 0 saturated heterocycles. The van der Waals surface area contributed by atoms with Crippen molar-refractivity contribution in [3.63, 3.8) is 0 Å². The fraction of sp³-hybridized carbons (Fsp3) is 0.533. The Labute approximate surface area is 129 Å². The number of aliphatic hydroxyl groups is 1. The summed E-state index contributed by atoms with van der Waals surface area (Å²) in [6, 6.07) is 5.79. The molecular weight excluding hydrogens is 297 g/mol. The zero-order valence-corrected chi connectivity index (χ0v) is 13.0. The second-order valence-electron chi connectivity index (χ2n) is 5.46. The number of halogens is 2. The van der Waals surface area contributed by atoms with Crippen LogP contribution < -0.4 is 0 Å². The summed E-state index contributed by atoms with van der Waals surface area (Å²) in [5.41, 5.74) is 0.871. The lowest BCUT2D eigenvalue weighted by Gasteiger charge is -2.24. The molecule has 0 aliphatic heterocycles. The third-order valence-electron chi connectivity index (χ3n) is 3.52. The molecule has 1 amide bonds. The van der Waals surface area contributed by atoms with Gasteiger partial charge in [0.25, 0.3) is 0 Å². The van der Waals surface area contributed by atoms with Crippen LogP contribution in [0.3, 0.4) is 0 Å². The van der Waals surface area contributed by atoms with Gasteiger partial charge in [0.1, 0.15) is 0 Å². The van der Waals surface area contributed by atoms with E-state index >= 15 is 0 Å². The summed E-state index contributed by atoms with van der Waals surface area (Å²) in [5.74, 6) is 0.0590. The molecule has 0 radical (unpaired) electrons. The molecule has 1 aromatic rings. The van der Waals surface area contributed by atoms with Crippen molar-refractivity contribution >= 4 is 29.1 Å². The molecule has 1 fully saturated rings. The summed E-state index contributed by atoms with van der Waals surface area (Å²) in [4.78, 5) is 14.2. The normalized spacial score (nSPS) is 16.0. The number of aliphatic hydroxyl groups excluding tert-OH is 1. The monoisotopic (exact) mass is 315 g/mol. The van der Waals surface area contributed by atoms with Crippen LogP contribution in [0.2, 0.25) is 10.0 Å². The average molecular weight is 316 g/mol. The van der Waals surface area contributed by atoms with Crippen molar-refractivity contribution in [2.45, 2.75) is 38.8 Å². The molecule has 110 valence electrons. The van der Waals surface area contributed by atoms with Crippen molar-refractivity contribution < 1.29 is 9.90 Å². The zero-order valence-electron chi connectivity index (χ0n) is 11.5. The molecule has 1 aromatic carbocycles. The number of benzene rings is 1. The van der Waals surface area contributed by atoms with Crippen LogP contribution in [0.1, 0.15) is 31.7 Å². The van der Waals surface area contributed by atoms with Crippen molar-refractivity contribution in [3.8, 4) is 0 Å². The maximum Gasteiger partial charge on any atom is 0.223 e. The predicted molar refractivity (Wildman–Crippen MR) is 80.9 cm³/mol. The summed E-state index contributed by atoms with van der Waals surface area (Å²) < 4.78 is 0. The lowest BCUT2D eigenvalue weighted by atomic mass is 10.1. The van der Waals surface area contributed by atoms with Crippen molar-refractivity contribution in [1.82, 2.24) is 4.90 Å². The number of rotatable bonds is 6. The first-order valence-corrected chi connectivity index (χ1v) is 7.61. The van der Waals surface area contributed by atoms with Gasteiger partial charge in [0.2, 0.25) is 5.91 Å². The third kappa shape index (κ3) is 3.87. The van der Waals surface area contributed by atoms with E-state index in [4.69, 9.17) is 28.3 Å². The molecule has 3 nitrogen and oxygen atoms in total. The molecule has 20 heavy (non-hydrogen) atoms. The van der Waals surface area contributed by atoms with E-state index in [0.717, 1.165) is 18.4 Å². The van der Waals surface area contributed by atoms with Crippen LogP contribution in [0, 0.1) is 5.92 Å². The van der Waals surface area contributed by atoms with Crippen LogP contribution in [-0.2, 0) is 11.3 Å². The van der Waals surface area contributed by atoms with Gasteiger partial charge in [-0.2, -0.15) is 0 Å². The average Bonchev–Trinajstić information content (AvgIpc) is 3.24. The maximum absolute atomic E-state index is 12.3. The van der Waals surface area contributed by atoms with Crippen molar-refractivity contribution in [1.29, 1.82) is 0 Å². The molecule has 0 unspecified atom stereocenters. The van der Waals surface area contributed by atoms with Crippen molar-refractivity contribution in [2.24, 2.45) is 5.92 Å². The highest BCUT2D eigenvalue weighted by molar-refractivity contribution is 6.42. The standard InChI is InChI=1S/C15H19Cl2NO2/c1-10(9-19)7-14(20)18(12-5-6-12)8-11-3-2-4-13(16)15(11)17/h2-4,10,12,19H,5-9H2,1H3/t10-/m0/s1. The van der Waals surface area contributed by atoms with Crippen LogP contribution in [0.5, 0.6) is 0 Å². The van der Waals surface area contributed by atoms with Crippen LogP contribution in [0.25, 0.3) is 0 Å². The van der Waals surface area contributed by atoms with Gasteiger partial charge < -0.3 is 10.0 Å². The topological polar surface area (TPSA) is 40.5 Å². The van der Waals surface area contributed by atoms with Gasteiger partial charge in [-0.1, -0.05) is 42.3 Å². The van der Waals surface area contributed by atoms with E-state index in [-0.39, 0.29) is 18.4 Å². The Kier molecular flexibility index (Phi) is 5.30. The van der Waals surface area contributed by atoms with Crippen molar-refractivity contribution in [3.05, 3.63) is 33.8 Å². The Morgan fingerprint density at radius 3 is 2.75 bits per heavy atom. The molecule has 0 heterocycles. The maximum atomic E-state index is 12.3. The predicted octanol–water partition coefficient (Wildman–Crippen LogP) is 3.50. The van der Waals surface area contributed by atoms with Crippen molar-refractivity contribution in [2.75, 3.05) is 6.61 Å². The summed E-state index contributed by atoms with van der Waals surface area (Å²) in [6.45, 7) is 2.39. The molecule has 0 aromatic heterocycles. The Morgan fingerprint density at radius 1 is 1.45 bits per heavy atom. The van der Waals surface area contributed by atoms with E-state index in [1.165, 1.54) is 0 Å². The fourth-order valence-electron chi connectivity index (χ4n) is 2.14. The number of carbonyl (C=O) groups excluding carboxylic acids is 1. The number of carbonyl (C=O) groups is 1. The molecule has 1 N–H and O–H groups in total. The molecule has 0 spiro atoms. The minimum Gasteiger partial charge on any atom is -0.396 e. The number of nitrogens with zero attached hydrogens (tertiary/aromatic N) is 1. The Bertz CT molecular complexity index is 489. The minimum atomic E-state index is -0.0152. The van der Waals surface area contributed by atoms with E-state index in [1.54, 1.807) is 6.07 Å². The summed E-state index contributed by atoms with van der Waals surface area (Å²) in [6.07, 6.45) is 2.44. The highest BCUT2D eigenvalue weighted by atomic mass is 35.5. The first-order chi connectivity index (χ1) is 9.52. The Morgan fingerprint density at radius 2 is 2.15 bits per heavy atom. The molecule has 2 rings (SSSR count). The molecule has 0 bridgehead atoms. The lowest BCUT2D eigenvalue weighted by molar-refractivity contribution is -0.133. The van der Waals surface area contributed by atoms with E-state index in [9.17, 15) is 4.79 Å². The van der Waals surface area contributed by atoms with Crippen LogP contribution in [0.15, 0.2) is 18.2 Å². The van der Waals surface area contributed by atoms with Gasteiger partial charge in [-0.15, -0.1) is 0 Å². The van der Waals surface area contributed by atoms with Crippen LogP contribution >= 0.6 is 23.2 Å². The van der Waals surface area contributed by atoms with Crippen LogP contribution in [-0.4, -0.2) is 28.6 Å². The lowest BCUT2D eigenvalue weighted by Crippen LogP contribution is -2.34. The van der Waals surface area contributed by atoms with Gasteiger partial charge in [0, 0.05) is 25.6 Å². The molecule has 1 saturated carbocycles. The minimum absolute atomic E-state index is 0.0152. The Hall–Kier alpha value is -0.770. The second kappa shape index (κ2) is 6.79. The van der Waals surface area contributed by atoms with E-state index in [0.29, 0.717) is 29.1 Å². The SMILES string of the molecule is C[C@H](CO)CC(=O)N(Cc1cccc(Cl)c1Cl)C1CC1. The van der Waals surface area contributed by atoms with Crippen LogP contribution in [0.4, 0.5) is 0 Å². The molecule has 1 aliphatic rings. The second-order valence-corrected chi connectivity index (χ2v) is 6.24. The summed E-state index contributed by atoms with van der Waals surface area (Å²) >= 11 is 12.2. The first kappa shape index (κ1) is 15.6. The van der Waals surface area contributed by atoms with Gasteiger partial charge in [0.05, 0.1) is 10.0 Å². The van der Waals surface area contributed by atoms with Gasteiger partial charge in [-0.05, 0) is 30.4 Å². The van der Waals surface area contributed by atoms with Gasteiger partial charge in [-0.25, -0.2) is 0 Å². The number of hydrogen-bond donors (Lipinski definition) is 1. The zero-order chi connectivity index (χ0) is 14.7. The van der Waals surface area contributed by atoms with E-state index < -0.39 is 0 Å². The smallest absolute Gasteiger partial charge is 0.223 e. The summed E-state index contributed by atoms with van der Waals surface area (Å²) in [7, 11) is 0. The molecule has 5 heteroatoms. The fourth-order valence-corrected chi connectivity index (χ4v) is 2.52. The largest absolute Gasteiger partial charge is 0.396 e. The number of amides is 1. The quantitative estimate of drug-likeness (QED) is 0.872. The van der Waals surface area contributed by atoms with E-state index in [1.807, 2.05) is 24.0 Å². The molecular formula is C15H19Cl2NO2. The first-order valence-electron chi connectivity index (χ1n) is 6.86. The van der Waals surface area contributed by atoms with E-state index in [2.05, 4.69) is 0 Å². The summed E-state index contributed by atoms with van der Waals surface area (Å²) in [5, 5.41) is 10.1. The molecule has 1 atom stereocenters. The number of hydrogen-bond acceptors (Lipinski definition) is 2. The highest BCUT2D eigenvalue weighted by Crippen LogP contribution is 2.32. The third-order valence-corrected chi connectivity index (χ3v) is 4.37. The van der Waals surface area contributed by atoms with Gasteiger partial charge in [0.15, 0.2) is 0 Å².